The van der Waals surface area contributed by atoms with Crippen LogP contribution in [0.5, 0.6) is 5.75 Å². The number of unbranched alkanes of at least 4 members (excludes halogenated alkanes) is 8. The van der Waals surface area contributed by atoms with E-state index in [2.05, 4.69) is 65.4 Å². The van der Waals surface area contributed by atoms with Gasteiger partial charge in [-0.15, -0.1) is 0 Å². The molecule has 3 nitrogen and oxygen atoms in total. The van der Waals surface area contributed by atoms with Crippen LogP contribution in [0, 0.1) is 5.92 Å². The maximum atomic E-state index is 5.89. The Balaban J connectivity index is 1.13. The van der Waals surface area contributed by atoms with Crippen molar-refractivity contribution in [3.8, 4) is 28.3 Å². The molecule has 3 aromatic rings. The predicted molar refractivity (Wildman–Crippen MR) is 161 cm³/mol. The third-order valence-corrected chi connectivity index (χ3v) is 8.13. The summed E-state index contributed by atoms with van der Waals surface area (Å²) in [5.74, 6) is 2.55. The van der Waals surface area contributed by atoms with Gasteiger partial charge in [-0.3, -0.25) is 0 Å². The van der Waals surface area contributed by atoms with Gasteiger partial charge in [0.1, 0.15) is 0 Å². The van der Waals surface area contributed by atoms with Gasteiger partial charge >= 0.3 is 0 Å². The van der Waals surface area contributed by atoms with Gasteiger partial charge < -0.3 is 4.74 Å². The first-order chi connectivity index (χ1) is 18.8. The minimum atomic E-state index is 0.740. The molecule has 0 aliphatic heterocycles. The molecule has 1 aliphatic carbocycles. The zero-order valence-electron chi connectivity index (χ0n) is 23.7. The summed E-state index contributed by atoms with van der Waals surface area (Å²) in [5, 5.41) is 0. The molecule has 204 valence electrons. The number of ether oxygens (including phenoxy) is 1. The number of hydrogen-bond acceptors (Lipinski definition) is 3. The maximum Gasteiger partial charge on any atom is 0.159 e. The van der Waals surface area contributed by atoms with E-state index < -0.39 is 0 Å². The number of hydrogen-bond donors (Lipinski definition) is 0. The summed E-state index contributed by atoms with van der Waals surface area (Å²) in [6.07, 6.45) is 25.3. The average molecular weight is 513 g/mol. The molecule has 0 unspecified atom stereocenters. The number of nitrogens with zero attached hydrogens (tertiary/aromatic N) is 2. The summed E-state index contributed by atoms with van der Waals surface area (Å²) in [4.78, 5) is 9.10. The fraction of sp³-hybridized carbons (Fsp3) is 0.543. The largest absolute Gasteiger partial charge is 0.490 e. The van der Waals surface area contributed by atoms with Crippen LogP contribution in [0.25, 0.3) is 22.5 Å². The highest BCUT2D eigenvalue weighted by Crippen LogP contribution is 2.29. The SMILES string of the molecule is CCCCCCc1ccc(-c2ccc(-c3ncc(OCCCCCCCCC4CCCC4)cn3)cc2)cc1. The van der Waals surface area contributed by atoms with Crippen LogP contribution >= 0.6 is 0 Å². The Bertz CT molecular complexity index is 1020. The van der Waals surface area contributed by atoms with Crippen LogP contribution in [-0.4, -0.2) is 16.6 Å². The van der Waals surface area contributed by atoms with Gasteiger partial charge in [-0.2, -0.15) is 0 Å². The molecule has 0 bridgehead atoms. The average Bonchev–Trinajstić information content (AvgIpc) is 3.49. The summed E-state index contributed by atoms with van der Waals surface area (Å²) < 4.78 is 5.89. The normalized spacial score (nSPS) is 13.7. The molecule has 0 saturated heterocycles. The van der Waals surface area contributed by atoms with E-state index in [9.17, 15) is 0 Å². The fourth-order valence-corrected chi connectivity index (χ4v) is 5.70. The number of benzene rings is 2. The second-order valence-electron chi connectivity index (χ2n) is 11.2. The number of aryl methyl sites for hydroxylation is 1. The lowest BCUT2D eigenvalue weighted by Crippen LogP contribution is -1.99. The van der Waals surface area contributed by atoms with Gasteiger partial charge in [-0.25, -0.2) is 9.97 Å². The van der Waals surface area contributed by atoms with E-state index in [0.29, 0.717) is 0 Å². The van der Waals surface area contributed by atoms with Crippen molar-refractivity contribution in [2.45, 2.75) is 110 Å². The lowest BCUT2D eigenvalue weighted by Gasteiger charge is -2.08. The number of aromatic nitrogens is 2. The molecule has 0 atom stereocenters. The Kier molecular flexibility index (Phi) is 12.2. The van der Waals surface area contributed by atoms with Crippen molar-refractivity contribution in [2.75, 3.05) is 6.61 Å². The lowest BCUT2D eigenvalue weighted by atomic mass is 9.99. The Labute approximate surface area is 231 Å². The van der Waals surface area contributed by atoms with Crippen LogP contribution in [0.4, 0.5) is 0 Å². The monoisotopic (exact) mass is 512 g/mol. The zero-order valence-corrected chi connectivity index (χ0v) is 23.7. The van der Waals surface area contributed by atoms with E-state index in [1.165, 1.54) is 113 Å². The Hall–Kier alpha value is -2.68. The molecule has 38 heavy (non-hydrogen) atoms. The van der Waals surface area contributed by atoms with Crippen molar-refractivity contribution in [3.05, 3.63) is 66.5 Å². The van der Waals surface area contributed by atoms with Crippen LogP contribution < -0.4 is 4.74 Å². The Morgan fingerprint density at radius 2 is 1.24 bits per heavy atom. The molecule has 3 heteroatoms. The first kappa shape index (κ1) is 28.3. The van der Waals surface area contributed by atoms with E-state index in [0.717, 1.165) is 36.1 Å². The van der Waals surface area contributed by atoms with Crippen LogP contribution in [0.1, 0.15) is 109 Å². The van der Waals surface area contributed by atoms with Crippen LogP contribution in [-0.2, 0) is 6.42 Å². The van der Waals surface area contributed by atoms with E-state index in [-0.39, 0.29) is 0 Å². The molecule has 0 radical (unpaired) electrons. The quantitative estimate of drug-likeness (QED) is 0.169. The molecular weight excluding hydrogens is 464 g/mol. The summed E-state index contributed by atoms with van der Waals surface area (Å²) in [6.45, 7) is 3.01. The lowest BCUT2D eigenvalue weighted by molar-refractivity contribution is 0.302. The van der Waals surface area contributed by atoms with Gasteiger partial charge in [0, 0.05) is 5.56 Å². The molecule has 1 aromatic heterocycles. The summed E-state index contributed by atoms with van der Waals surface area (Å²) in [7, 11) is 0. The van der Waals surface area contributed by atoms with E-state index in [1.807, 2.05) is 0 Å². The predicted octanol–water partition coefficient (Wildman–Crippen LogP) is 10.2. The van der Waals surface area contributed by atoms with Crippen molar-refractivity contribution < 1.29 is 4.74 Å². The second-order valence-corrected chi connectivity index (χ2v) is 11.2. The molecule has 1 fully saturated rings. The van der Waals surface area contributed by atoms with E-state index in [4.69, 9.17) is 4.74 Å². The smallest absolute Gasteiger partial charge is 0.159 e. The highest BCUT2D eigenvalue weighted by molar-refractivity contribution is 5.67. The van der Waals surface area contributed by atoms with Crippen molar-refractivity contribution in [1.82, 2.24) is 9.97 Å². The fourth-order valence-electron chi connectivity index (χ4n) is 5.70. The molecule has 0 spiro atoms. The molecule has 1 heterocycles. The zero-order chi connectivity index (χ0) is 26.3. The van der Waals surface area contributed by atoms with Crippen LogP contribution in [0.2, 0.25) is 0 Å². The van der Waals surface area contributed by atoms with Crippen LogP contribution in [0.15, 0.2) is 60.9 Å². The van der Waals surface area contributed by atoms with Gasteiger partial charge in [0.15, 0.2) is 11.6 Å². The highest BCUT2D eigenvalue weighted by Gasteiger charge is 2.13. The minimum absolute atomic E-state index is 0.740. The van der Waals surface area contributed by atoms with Gasteiger partial charge in [-0.1, -0.05) is 139 Å². The summed E-state index contributed by atoms with van der Waals surface area (Å²) >= 11 is 0. The van der Waals surface area contributed by atoms with Crippen LogP contribution in [0.3, 0.4) is 0 Å². The highest BCUT2D eigenvalue weighted by atomic mass is 16.5. The summed E-state index contributed by atoms with van der Waals surface area (Å²) in [6, 6.07) is 17.6. The molecule has 4 rings (SSSR count). The third kappa shape index (κ3) is 9.57. The first-order valence-corrected chi connectivity index (χ1v) is 15.5. The summed E-state index contributed by atoms with van der Waals surface area (Å²) in [5.41, 5.74) is 4.94. The molecular formula is C35H48N2O. The standard InChI is InChI=1S/C35H48N2O/c1-2-3-4-9-15-30-18-20-31(21-19-30)32-22-24-33(25-23-32)35-36-27-34(28-37-35)38-26-13-8-6-5-7-10-14-29-16-11-12-17-29/h18-25,27-29H,2-17,26H2,1H3. The topological polar surface area (TPSA) is 35.0 Å². The third-order valence-electron chi connectivity index (χ3n) is 8.13. The van der Waals surface area contributed by atoms with Crippen molar-refractivity contribution >= 4 is 0 Å². The maximum absolute atomic E-state index is 5.89. The Morgan fingerprint density at radius 1 is 0.658 bits per heavy atom. The number of rotatable bonds is 17. The molecule has 2 aromatic carbocycles. The molecule has 1 saturated carbocycles. The van der Waals surface area contributed by atoms with Crippen molar-refractivity contribution in [2.24, 2.45) is 5.92 Å². The second kappa shape index (κ2) is 16.3. The molecule has 1 aliphatic rings. The van der Waals surface area contributed by atoms with E-state index in [1.54, 1.807) is 12.4 Å². The van der Waals surface area contributed by atoms with Gasteiger partial charge in [0.2, 0.25) is 0 Å². The van der Waals surface area contributed by atoms with Gasteiger partial charge in [0.05, 0.1) is 19.0 Å². The first-order valence-electron chi connectivity index (χ1n) is 15.5. The van der Waals surface area contributed by atoms with Gasteiger partial charge in [0.25, 0.3) is 0 Å². The Morgan fingerprint density at radius 3 is 1.92 bits per heavy atom. The van der Waals surface area contributed by atoms with E-state index >= 15 is 0 Å². The molecule has 0 amide bonds. The minimum Gasteiger partial charge on any atom is -0.490 e. The van der Waals surface area contributed by atoms with Crippen molar-refractivity contribution in [3.63, 3.8) is 0 Å². The van der Waals surface area contributed by atoms with Crippen molar-refractivity contribution in [1.29, 1.82) is 0 Å². The molecule has 0 N–H and O–H groups in total. The van der Waals surface area contributed by atoms with Gasteiger partial charge in [-0.05, 0) is 41.9 Å².